The molecule has 1 aromatic heterocycles. The van der Waals surface area contributed by atoms with E-state index in [4.69, 9.17) is 0 Å². The van der Waals surface area contributed by atoms with Crippen molar-refractivity contribution >= 4 is 21.6 Å². The summed E-state index contributed by atoms with van der Waals surface area (Å²) in [6.07, 6.45) is 2.53. The Kier molecular flexibility index (Phi) is 5.39. The zero-order chi connectivity index (χ0) is 19.8. The van der Waals surface area contributed by atoms with Crippen LogP contribution in [0.3, 0.4) is 0 Å². The molecule has 0 bridgehead atoms. The number of piperidine rings is 1. The van der Waals surface area contributed by atoms with Gasteiger partial charge in [-0.3, -0.25) is 4.79 Å². The number of hydrogen-bond donors (Lipinski definition) is 1. The Morgan fingerprint density at radius 3 is 2.37 bits per heavy atom. The maximum atomic E-state index is 12.7. The molecule has 0 saturated carbocycles. The lowest BCUT2D eigenvalue weighted by atomic mass is 9.97. The molecule has 0 radical (unpaired) electrons. The molecule has 27 heavy (non-hydrogen) atoms. The Labute approximate surface area is 160 Å². The van der Waals surface area contributed by atoms with E-state index in [1.165, 1.54) is 16.1 Å². The second-order valence-electron chi connectivity index (χ2n) is 7.20. The van der Waals surface area contributed by atoms with Gasteiger partial charge in [0.25, 0.3) is 10.0 Å². The first-order valence-electron chi connectivity index (χ1n) is 9.06. The van der Waals surface area contributed by atoms with E-state index in [0.29, 0.717) is 31.8 Å². The minimum atomic E-state index is -3.61. The van der Waals surface area contributed by atoms with Gasteiger partial charge in [-0.15, -0.1) is 0 Å². The van der Waals surface area contributed by atoms with Crippen LogP contribution in [-0.4, -0.2) is 41.3 Å². The van der Waals surface area contributed by atoms with Crippen LogP contribution in [0.15, 0.2) is 29.4 Å². The first-order valence-corrected chi connectivity index (χ1v) is 10.5. The molecule has 1 aliphatic rings. The summed E-state index contributed by atoms with van der Waals surface area (Å²) in [6, 6.07) is 5.83. The Balaban J connectivity index is 1.62. The number of anilines is 1. The number of carbonyl (C=O) groups excluding carboxylic acids is 1. The molecule has 1 aromatic carbocycles. The summed E-state index contributed by atoms with van der Waals surface area (Å²) >= 11 is 0. The van der Waals surface area contributed by atoms with Crippen molar-refractivity contribution in [3.05, 3.63) is 41.3 Å². The smallest absolute Gasteiger partial charge is 0.262 e. The van der Waals surface area contributed by atoms with Crippen molar-refractivity contribution in [2.24, 2.45) is 13.0 Å². The van der Waals surface area contributed by atoms with Gasteiger partial charge in [-0.1, -0.05) is 6.07 Å². The van der Waals surface area contributed by atoms with Crippen molar-refractivity contribution in [2.45, 2.75) is 38.6 Å². The number of hydrogen-bond acceptors (Lipinski definition) is 4. The van der Waals surface area contributed by atoms with Crippen molar-refractivity contribution in [2.75, 3.05) is 18.4 Å². The molecule has 0 aliphatic carbocycles. The fraction of sp³-hybridized carbons (Fsp3) is 0.474. The molecule has 8 heteroatoms. The van der Waals surface area contributed by atoms with Crippen LogP contribution in [0.5, 0.6) is 0 Å². The third-order valence-corrected chi connectivity index (χ3v) is 7.06. The first kappa shape index (κ1) is 19.6. The number of carbonyl (C=O) groups is 1. The number of aryl methyl sites for hydroxylation is 4. The molecule has 146 valence electrons. The molecule has 1 aliphatic heterocycles. The molecule has 7 nitrogen and oxygen atoms in total. The Bertz CT molecular complexity index is 938. The zero-order valence-corrected chi connectivity index (χ0v) is 17.0. The van der Waals surface area contributed by atoms with Crippen LogP contribution in [0.25, 0.3) is 0 Å². The maximum Gasteiger partial charge on any atom is 0.262 e. The minimum Gasteiger partial charge on any atom is -0.337 e. The Morgan fingerprint density at radius 2 is 1.81 bits per heavy atom. The van der Waals surface area contributed by atoms with Crippen LogP contribution in [0.4, 0.5) is 5.69 Å². The number of nitrogens with one attached hydrogen (secondary N) is 1. The van der Waals surface area contributed by atoms with Gasteiger partial charge in [-0.05, 0) is 56.9 Å². The van der Waals surface area contributed by atoms with E-state index in [1.54, 1.807) is 18.5 Å². The molecule has 3 rings (SSSR count). The van der Waals surface area contributed by atoms with Crippen molar-refractivity contribution in [1.82, 2.24) is 13.9 Å². The van der Waals surface area contributed by atoms with Gasteiger partial charge in [-0.25, -0.2) is 13.4 Å². The summed E-state index contributed by atoms with van der Waals surface area (Å²) in [5, 5.41) is 3.02. The number of imidazole rings is 1. The van der Waals surface area contributed by atoms with E-state index in [2.05, 4.69) is 10.3 Å². The van der Waals surface area contributed by atoms with Crippen LogP contribution in [0, 0.1) is 26.7 Å². The van der Waals surface area contributed by atoms with Crippen LogP contribution >= 0.6 is 0 Å². The van der Waals surface area contributed by atoms with Crippen LogP contribution in [-0.2, 0) is 21.9 Å². The topological polar surface area (TPSA) is 84.3 Å². The summed E-state index contributed by atoms with van der Waals surface area (Å²) in [6.45, 7) is 6.45. The summed E-state index contributed by atoms with van der Waals surface area (Å²) in [4.78, 5) is 16.7. The van der Waals surface area contributed by atoms with Gasteiger partial charge in [0.2, 0.25) is 5.91 Å². The van der Waals surface area contributed by atoms with Gasteiger partial charge in [0.1, 0.15) is 5.82 Å². The quantitative estimate of drug-likeness (QED) is 0.869. The number of nitrogens with zero attached hydrogens (tertiary/aromatic N) is 3. The van der Waals surface area contributed by atoms with Gasteiger partial charge in [0, 0.05) is 37.9 Å². The highest BCUT2D eigenvalue weighted by Crippen LogP contribution is 2.25. The molecule has 0 unspecified atom stereocenters. The van der Waals surface area contributed by atoms with E-state index in [1.807, 2.05) is 32.0 Å². The first-order chi connectivity index (χ1) is 12.7. The van der Waals surface area contributed by atoms with Crippen molar-refractivity contribution in [3.63, 3.8) is 0 Å². The third-order valence-electron chi connectivity index (χ3n) is 5.29. The van der Waals surface area contributed by atoms with E-state index in [9.17, 15) is 13.2 Å². The maximum absolute atomic E-state index is 12.7. The monoisotopic (exact) mass is 390 g/mol. The zero-order valence-electron chi connectivity index (χ0n) is 16.2. The van der Waals surface area contributed by atoms with E-state index in [-0.39, 0.29) is 16.9 Å². The summed E-state index contributed by atoms with van der Waals surface area (Å²) < 4.78 is 28.6. The van der Waals surface area contributed by atoms with Crippen molar-refractivity contribution in [3.8, 4) is 0 Å². The highest BCUT2D eigenvalue weighted by Gasteiger charge is 2.33. The molecule has 1 saturated heterocycles. The minimum absolute atomic E-state index is 0.0519. The molecule has 0 spiro atoms. The Morgan fingerprint density at radius 1 is 1.15 bits per heavy atom. The van der Waals surface area contributed by atoms with Crippen LogP contribution in [0.1, 0.15) is 29.8 Å². The van der Waals surface area contributed by atoms with Gasteiger partial charge < -0.3 is 9.88 Å². The van der Waals surface area contributed by atoms with E-state index in [0.717, 1.165) is 11.3 Å². The largest absolute Gasteiger partial charge is 0.337 e. The third kappa shape index (κ3) is 4.06. The number of amides is 1. The number of benzene rings is 1. The molecule has 1 amide bonds. The van der Waals surface area contributed by atoms with Gasteiger partial charge >= 0.3 is 0 Å². The van der Waals surface area contributed by atoms with Crippen molar-refractivity contribution < 1.29 is 13.2 Å². The van der Waals surface area contributed by atoms with Crippen LogP contribution in [0.2, 0.25) is 0 Å². The number of sulfonamides is 1. The molecule has 2 aromatic rings. The normalized spacial score (nSPS) is 16.4. The fourth-order valence-electron chi connectivity index (χ4n) is 3.20. The Hall–Kier alpha value is -2.19. The fourth-order valence-corrected chi connectivity index (χ4v) is 4.70. The lowest BCUT2D eigenvalue weighted by Crippen LogP contribution is -2.41. The molecule has 0 atom stereocenters. The van der Waals surface area contributed by atoms with Gasteiger partial charge in [-0.2, -0.15) is 4.31 Å². The second kappa shape index (κ2) is 7.44. The molecule has 1 N–H and O–H groups in total. The lowest BCUT2D eigenvalue weighted by Gasteiger charge is -2.30. The standard InChI is InChI=1S/C19H26N4O3S/c1-13-5-6-17(11-14(13)2)21-19(24)16-7-9-23(10-8-16)27(25,26)18-12-22(4)15(3)20-18/h5-6,11-12,16H,7-10H2,1-4H3,(H,21,24). The number of rotatable bonds is 4. The predicted octanol–water partition coefficient (Wildman–Crippen LogP) is 2.38. The molecular formula is C19H26N4O3S. The average molecular weight is 391 g/mol. The van der Waals surface area contributed by atoms with E-state index >= 15 is 0 Å². The highest BCUT2D eigenvalue weighted by molar-refractivity contribution is 7.89. The SMILES string of the molecule is Cc1ccc(NC(=O)C2CCN(S(=O)(=O)c3cn(C)c(C)n3)CC2)cc1C. The molecular weight excluding hydrogens is 364 g/mol. The summed E-state index contributed by atoms with van der Waals surface area (Å²) in [7, 11) is -1.84. The van der Waals surface area contributed by atoms with Crippen LogP contribution < -0.4 is 5.32 Å². The predicted molar refractivity (Wildman–Crippen MR) is 104 cm³/mol. The molecule has 1 fully saturated rings. The summed E-state index contributed by atoms with van der Waals surface area (Å²) in [5.41, 5.74) is 3.08. The highest BCUT2D eigenvalue weighted by atomic mass is 32.2. The summed E-state index contributed by atoms with van der Waals surface area (Å²) in [5.74, 6) is 0.406. The average Bonchev–Trinajstić information content (AvgIpc) is 2.98. The lowest BCUT2D eigenvalue weighted by molar-refractivity contribution is -0.120. The van der Waals surface area contributed by atoms with Gasteiger partial charge in [0.15, 0.2) is 5.03 Å². The molecule has 2 heterocycles. The second-order valence-corrected chi connectivity index (χ2v) is 9.09. The van der Waals surface area contributed by atoms with E-state index < -0.39 is 10.0 Å². The number of aromatic nitrogens is 2. The van der Waals surface area contributed by atoms with Crippen molar-refractivity contribution in [1.29, 1.82) is 0 Å². The van der Waals surface area contributed by atoms with Gasteiger partial charge in [0.05, 0.1) is 0 Å².